The average molecular weight is 198 g/mol. The topological polar surface area (TPSA) is 38.0 Å². The van der Waals surface area contributed by atoms with Gasteiger partial charge in [0.05, 0.1) is 0 Å². The van der Waals surface area contributed by atoms with E-state index in [9.17, 15) is 0 Å². The molecule has 14 heavy (non-hydrogen) atoms. The van der Waals surface area contributed by atoms with Crippen molar-refractivity contribution in [2.45, 2.75) is 51.4 Å². The summed E-state index contributed by atoms with van der Waals surface area (Å²) in [6.45, 7) is 3.10. The van der Waals surface area contributed by atoms with Crippen molar-refractivity contribution in [3.05, 3.63) is 0 Å². The number of rotatable bonds is 7. The van der Waals surface area contributed by atoms with Crippen molar-refractivity contribution in [1.29, 1.82) is 0 Å². The zero-order valence-electron chi connectivity index (χ0n) is 9.43. The van der Waals surface area contributed by atoms with E-state index in [1.54, 1.807) is 0 Å². The molecular formula is C12H26N2. The van der Waals surface area contributed by atoms with E-state index in [0.29, 0.717) is 0 Å². The zero-order chi connectivity index (χ0) is 10.1. The van der Waals surface area contributed by atoms with Crippen LogP contribution >= 0.6 is 0 Å². The van der Waals surface area contributed by atoms with Crippen LogP contribution in [0, 0.1) is 5.92 Å². The Hall–Kier alpha value is -0.0800. The van der Waals surface area contributed by atoms with Gasteiger partial charge in [0.25, 0.3) is 0 Å². The summed E-state index contributed by atoms with van der Waals surface area (Å²) in [6.07, 6.45) is 11.3. The number of hydrogen-bond acceptors (Lipinski definition) is 2. The normalized spacial score (nSPS) is 18.6. The summed E-state index contributed by atoms with van der Waals surface area (Å²) < 4.78 is 0. The summed E-state index contributed by atoms with van der Waals surface area (Å²) in [7, 11) is 0. The van der Waals surface area contributed by atoms with Gasteiger partial charge in [-0.25, -0.2) is 0 Å². The standard InChI is InChI=1S/C12H26N2/c13-9-5-11-14-10-4-8-12-6-2-1-3-7-12/h12,14H,1-11,13H2. The molecule has 1 aliphatic carbocycles. The first kappa shape index (κ1) is 12.0. The zero-order valence-corrected chi connectivity index (χ0v) is 9.43. The van der Waals surface area contributed by atoms with Crippen molar-refractivity contribution < 1.29 is 0 Å². The highest BCUT2D eigenvalue weighted by molar-refractivity contribution is 4.66. The molecule has 0 aromatic rings. The van der Waals surface area contributed by atoms with Gasteiger partial charge in [-0.2, -0.15) is 0 Å². The van der Waals surface area contributed by atoms with E-state index in [4.69, 9.17) is 5.73 Å². The molecule has 0 aliphatic heterocycles. The van der Waals surface area contributed by atoms with Crippen molar-refractivity contribution in [2.24, 2.45) is 11.7 Å². The van der Waals surface area contributed by atoms with Gasteiger partial charge in [-0.1, -0.05) is 32.1 Å². The fourth-order valence-electron chi connectivity index (χ4n) is 2.34. The Bertz CT molecular complexity index is 119. The predicted molar refractivity (Wildman–Crippen MR) is 62.4 cm³/mol. The van der Waals surface area contributed by atoms with Gasteiger partial charge < -0.3 is 11.1 Å². The van der Waals surface area contributed by atoms with E-state index in [2.05, 4.69) is 5.32 Å². The minimum Gasteiger partial charge on any atom is -0.330 e. The lowest BCUT2D eigenvalue weighted by molar-refractivity contribution is 0.330. The lowest BCUT2D eigenvalue weighted by Crippen LogP contribution is -2.20. The first-order valence-electron chi connectivity index (χ1n) is 6.34. The fourth-order valence-corrected chi connectivity index (χ4v) is 2.34. The van der Waals surface area contributed by atoms with Gasteiger partial charge in [-0.05, 0) is 44.8 Å². The third kappa shape index (κ3) is 5.61. The van der Waals surface area contributed by atoms with Crippen LogP contribution in [0.25, 0.3) is 0 Å². The van der Waals surface area contributed by atoms with E-state index in [1.807, 2.05) is 0 Å². The number of nitrogens with two attached hydrogens (primary N) is 1. The quantitative estimate of drug-likeness (QED) is 0.616. The molecule has 0 radical (unpaired) electrons. The molecule has 2 nitrogen and oxygen atoms in total. The summed E-state index contributed by atoms with van der Waals surface area (Å²) in [5, 5.41) is 3.45. The molecular weight excluding hydrogens is 172 g/mol. The van der Waals surface area contributed by atoms with Gasteiger partial charge in [-0.3, -0.25) is 0 Å². The van der Waals surface area contributed by atoms with Crippen molar-refractivity contribution in [3.8, 4) is 0 Å². The van der Waals surface area contributed by atoms with Crippen LogP contribution in [-0.4, -0.2) is 19.6 Å². The predicted octanol–water partition coefficient (Wildman–Crippen LogP) is 2.29. The first-order chi connectivity index (χ1) is 6.93. The van der Waals surface area contributed by atoms with Gasteiger partial charge in [0.15, 0.2) is 0 Å². The Balaban J connectivity index is 1.82. The summed E-state index contributed by atoms with van der Waals surface area (Å²) >= 11 is 0. The Morgan fingerprint density at radius 1 is 1.00 bits per heavy atom. The highest BCUT2D eigenvalue weighted by atomic mass is 14.8. The van der Waals surface area contributed by atoms with Crippen LogP contribution in [0.5, 0.6) is 0 Å². The number of hydrogen-bond donors (Lipinski definition) is 2. The highest BCUT2D eigenvalue weighted by Crippen LogP contribution is 2.26. The van der Waals surface area contributed by atoms with Gasteiger partial charge in [0.2, 0.25) is 0 Å². The second-order valence-corrected chi connectivity index (χ2v) is 4.54. The smallest absolute Gasteiger partial charge is 0.00369 e. The molecule has 1 rings (SSSR count). The molecule has 0 saturated heterocycles. The van der Waals surface area contributed by atoms with Crippen LogP contribution < -0.4 is 11.1 Å². The number of nitrogens with one attached hydrogen (secondary N) is 1. The second kappa shape index (κ2) is 8.25. The molecule has 3 N–H and O–H groups in total. The molecule has 0 atom stereocenters. The maximum Gasteiger partial charge on any atom is -0.00369 e. The summed E-state index contributed by atoms with van der Waals surface area (Å²) in [4.78, 5) is 0. The molecule has 0 heterocycles. The van der Waals surface area contributed by atoms with Crippen molar-refractivity contribution in [1.82, 2.24) is 5.32 Å². The summed E-state index contributed by atoms with van der Waals surface area (Å²) in [5.74, 6) is 1.04. The Morgan fingerprint density at radius 3 is 2.43 bits per heavy atom. The van der Waals surface area contributed by atoms with Crippen molar-refractivity contribution >= 4 is 0 Å². The van der Waals surface area contributed by atoms with Gasteiger partial charge in [-0.15, -0.1) is 0 Å². The lowest BCUT2D eigenvalue weighted by atomic mass is 9.86. The van der Waals surface area contributed by atoms with Crippen molar-refractivity contribution in [3.63, 3.8) is 0 Å². The van der Waals surface area contributed by atoms with E-state index in [0.717, 1.165) is 25.4 Å². The van der Waals surface area contributed by atoms with Crippen molar-refractivity contribution in [2.75, 3.05) is 19.6 Å². The maximum atomic E-state index is 5.42. The Kier molecular flexibility index (Phi) is 7.06. The molecule has 1 fully saturated rings. The molecule has 0 unspecified atom stereocenters. The highest BCUT2D eigenvalue weighted by Gasteiger charge is 2.12. The summed E-state index contributed by atoms with van der Waals surface area (Å²) in [5.41, 5.74) is 5.42. The average Bonchev–Trinajstić information content (AvgIpc) is 2.25. The van der Waals surface area contributed by atoms with Crippen LogP contribution in [0.15, 0.2) is 0 Å². The molecule has 0 spiro atoms. The van der Waals surface area contributed by atoms with E-state index >= 15 is 0 Å². The van der Waals surface area contributed by atoms with Crippen LogP contribution in [0.2, 0.25) is 0 Å². The third-order valence-corrected chi connectivity index (χ3v) is 3.25. The van der Waals surface area contributed by atoms with E-state index in [-0.39, 0.29) is 0 Å². The largest absolute Gasteiger partial charge is 0.330 e. The third-order valence-electron chi connectivity index (χ3n) is 3.25. The minimum atomic E-state index is 0.815. The lowest BCUT2D eigenvalue weighted by Gasteiger charge is -2.21. The molecule has 0 aromatic carbocycles. The van der Waals surface area contributed by atoms with E-state index < -0.39 is 0 Å². The van der Waals surface area contributed by atoms with Crippen LogP contribution in [0.3, 0.4) is 0 Å². The second-order valence-electron chi connectivity index (χ2n) is 4.54. The Morgan fingerprint density at radius 2 is 1.71 bits per heavy atom. The molecule has 84 valence electrons. The first-order valence-corrected chi connectivity index (χ1v) is 6.34. The molecule has 1 saturated carbocycles. The van der Waals surface area contributed by atoms with Crippen LogP contribution in [0.1, 0.15) is 51.4 Å². The molecule has 2 heteroatoms. The maximum absolute atomic E-state index is 5.42. The molecule has 0 bridgehead atoms. The molecule has 1 aliphatic rings. The molecule has 0 aromatic heterocycles. The van der Waals surface area contributed by atoms with E-state index in [1.165, 1.54) is 51.5 Å². The molecule has 0 amide bonds. The monoisotopic (exact) mass is 198 g/mol. The summed E-state index contributed by atoms with van der Waals surface area (Å²) in [6, 6.07) is 0. The van der Waals surface area contributed by atoms with Crippen LogP contribution in [0.4, 0.5) is 0 Å². The van der Waals surface area contributed by atoms with Gasteiger partial charge in [0, 0.05) is 0 Å². The van der Waals surface area contributed by atoms with Gasteiger partial charge >= 0.3 is 0 Å². The van der Waals surface area contributed by atoms with Crippen LogP contribution in [-0.2, 0) is 0 Å². The van der Waals surface area contributed by atoms with Gasteiger partial charge in [0.1, 0.15) is 0 Å². The minimum absolute atomic E-state index is 0.815. The Labute approximate surface area is 88.6 Å². The fraction of sp³-hybridized carbons (Fsp3) is 1.00. The SMILES string of the molecule is NCCCNCCCC1CCCCC1.